The second-order valence-electron chi connectivity index (χ2n) is 4.53. The second kappa shape index (κ2) is 4.38. The van der Waals surface area contributed by atoms with Crippen molar-refractivity contribution in [2.24, 2.45) is 0 Å². The van der Waals surface area contributed by atoms with Crippen LogP contribution in [0.4, 0.5) is 5.82 Å². The summed E-state index contributed by atoms with van der Waals surface area (Å²) in [6.07, 6.45) is 0.992. The number of nitrogens with zero attached hydrogens (tertiary/aromatic N) is 2. The molecule has 0 aliphatic heterocycles. The summed E-state index contributed by atoms with van der Waals surface area (Å²) >= 11 is 0. The number of hydrogen-bond acceptors (Lipinski definition) is 4. The van der Waals surface area contributed by atoms with E-state index in [2.05, 4.69) is 28.2 Å². The van der Waals surface area contributed by atoms with Gasteiger partial charge in [0.05, 0.1) is 12.3 Å². The third-order valence-corrected chi connectivity index (χ3v) is 3.27. The lowest BCUT2D eigenvalue weighted by molar-refractivity contribution is 0.181. The van der Waals surface area contributed by atoms with Crippen molar-refractivity contribution in [2.75, 3.05) is 12.8 Å². The zero-order chi connectivity index (χ0) is 12.5. The average Bonchev–Trinajstić information content (AvgIpc) is 2.30. The Morgan fingerprint density at radius 1 is 1.33 bits per heavy atom. The van der Waals surface area contributed by atoms with E-state index in [1.165, 1.54) is 11.1 Å². The van der Waals surface area contributed by atoms with Crippen LogP contribution >= 0.6 is 0 Å². The van der Waals surface area contributed by atoms with E-state index >= 15 is 0 Å². The van der Waals surface area contributed by atoms with Crippen molar-refractivity contribution in [1.82, 2.24) is 9.97 Å². The number of aromatic nitrogens is 2. The normalized spacial score (nSPS) is 17.1. The first-order valence-corrected chi connectivity index (χ1v) is 5.98. The maximum absolute atomic E-state index is 5.82. The molecule has 1 heterocycles. The molecule has 0 spiro atoms. The Labute approximate surface area is 106 Å². The molecule has 0 bridgehead atoms. The molecule has 18 heavy (non-hydrogen) atoms. The SMILES string of the molecule is COCc1cc(N)nc(C2Cc3ccccc32)n1. The molecule has 0 saturated carbocycles. The average molecular weight is 241 g/mol. The first-order valence-electron chi connectivity index (χ1n) is 5.98. The monoisotopic (exact) mass is 241 g/mol. The number of methoxy groups -OCH3 is 1. The van der Waals surface area contributed by atoms with Crippen molar-refractivity contribution in [3.8, 4) is 0 Å². The van der Waals surface area contributed by atoms with Crippen LogP contribution < -0.4 is 5.73 Å². The molecule has 1 atom stereocenters. The van der Waals surface area contributed by atoms with Gasteiger partial charge < -0.3 is 10.5 Å². The molecule has 0 fully saturated rings. The van der Waals surface area contributed by atoms with Gasteiger partial charge in [0.25, 0.3) is 0 Å². The standard InChI is InChI=1S/C14H15N3O/c1-18-8-10-7-13(15)17-14(16-10)12-6-9-4-2-3-5-11(9)12/h2-5,7,12H,6,8H2,1H3,(H2,15,16,17). The Bertz CT molecular complexity index is 583. The Morgan fingerprint density at radius 3 is 2.94 bits per heavy atom. The van der Waals surface area contributed by atoms with Crippen LogP contribution in [0.2, 0.25) is 0 Å². The fourth-order valence-corrected chi connectivity index (χ4v) is 2.41. The van der Waals surface area contributed by atoms with E-state index in [0.717, 1.165) is 17.9 Å². The van der Waals surface area contributed by atoms with E-state index in [4.69, 9.17) is 10.5 Å². The number of anilines is 1. The molecule has 2 N–H and O–H groups in total. The minimum Gasteiger partial charge on any atom is -0.384 e. The van der Waals surface area contributed by atoms with Crippen molar-refractivity contribution in [1.29, 1.82) is 0 Å². The van der Waals surface area contributed by atoms with Gasteiger partial charge in [0.15, 0.2) is 0 Å². The number of hydrogen-bond donors (Lipinski definition) is 1. The molecule has 1 aromatic heterocycles. The van der Waals surface area contributed by atoms with Crippen LogP contribution in [0.5, 0.6) is 0 Å². The number of rotatable bonds is 3. The fourth-order valence-electron chi connectivity index (χ4n) is 2.41. The van der Waals surface area contributed by atoms with Crippen molar-refractivity contribution < 1.29 is 4.74 Å². The van der Waals surface area contributed by atoms with Crippen molar-refractivity contribution >= 4 is 5.82 Å². The second-order valence-corrected chi connectivity index (χ2v) is 4.53. The van der Waals surface area contributed by atoms with Gasteiger partial charge in [-0.25, -0.2) is 9.97 Å². The van der Waals surface area contributed by atoms with Gasteiger partial charge in [-0.2, -0.15) is 0 Å². The molecule has 2 aromatic rings. The summed E-state index contributed by atoms with van der Waals surface area (Å²) in [4.78, 5) is 8.88. The first kappa shape index (κ1) is 11.2. The zero-order valence-electron chi connectivity index (χ0n) is 10.3. The first-order chi connectivity index (χ1) is 8.78. The topological polar surface area (TPSA) is 61.0 Å². The summed E-state index contributed by atoms with van der Waals surface area (Å²) in [6.45, 7) is 0.466. The largest absolute Gasteiger partial charge is 0.384 e. The molecular formula is C14H15N3O. The van der Waals surface area contributed by atoms with Crippen molar-refractivity contribution in [3.63, 3.8) is 0 Å². The van der Waals surface area contributed by atoms with E-state index in [-0.39, 0.29) is 5.92 Å². The minimum absolute atomic E-state index is 0.278. The summed E-state index contributed by atoms with van der Waals surface area (Å²) in [7, 11) is 1.65. The van der Waals surface area contributed by atoms with Crippen molar-refractivity contribution in [2.45, 2.75) is 18.9 Å². The van der Waals surface area contributed by atoms with Crippen LogP contribution in [0, 0.1) is 0 Å². The maximum Gasteiger partial charge on any atom is 0.138 e. The third kappa shape index (κ3) is 1.84. The highest BCUT2D eigenvalue weighted by Gasteiger charge is 2.29. The predicted molar refractivity (Wildman–Crippen MR) is 69.1 cm³/mol. The molecule has 1 aromatic carbocycles. The smallest absolute Gasteiger partial charge is 0.138 e. The van der Waals surface area contributed by atoms with E-state index in [9.17, 15) is 0 Å². The van der Waals surface area contributed by atoms with Gasteiger partial charge in [-0.15, -0.1) is 0 Å². The maximum atomic E-state index is 5.82. The highest BCUT2D eigenvalue weighted by Crippen LogP contribution is 2.38. The molecule has 4 nitrogen and oxygen atoms in total. The molecule has 0 amide bonds. The van der Waals surface area contributed by atoms with Gasteiger partial charge in [0.2, 0.25) is 0 Å². The third-order valence-electron chi connectivity index (χ3n) is 3.27. The zero-order valence-corrected chi connectivity index (χ0v) is 10.3. The Morgan fingerprint density at radius 2 is 2.17 bits per heavy atom. The van der Waals surface area contributed by atoms with Gasteiger partial charge in [0.1, 0.15) is 11.6 Å². The summed E-state index contributed by atoms with van der Waals surface area (Å²) in [5.74, 6) is 1.59. The molecule has 1 aliphatic rings. The van der Waals surface area contributed by atoms with Gasteiger partial charge in [-0.1, -0.05) is 24.3 Å². The van der Waals surface area contributed by atoms with Gasteiger partial charge in [-0.05, 0) is 17.5 Å². The molecule has 0 radical (unpaired) electrons. The van der Waals surface area contributed by atoms with Crippen LogP contribution in [0.3, 0.4) is 0 Å². The molecule has 1 unspecified atom stereocenters. The quantitative estimate of drug-likeness (QED) is 0.891. The molecular weight excluding hydrogens is 226 g/mol. The van der Waals surface area contributed by atoms with Crippen LogP contribution in [0.1, 0.15) is 28.6 Å². The Balaban J connectivity index is 1.95. The van der Waals surface area contributed by atoms with E-state index in [1.54, 1.807) is 13.2 Å². The minimum atomic E-state index is 0.278. The van der Waals surface area contributed by atoms with Crippen LogP contribution in [-0.4, -0.2) is 17.1 Å². The Hall–Kier alpha value is -1.94. The van der Waals surface area contributed by atoms with Crippen LogP contribution in [0.15, 0.2) is 30.3 Å². The highest BCUT2D eigenvalue weighted by atomic mass is 16.5. The summed E-state index contributed by atoms with van der Waals surface area (Å²) in [5, 5.41) is 0. The number of nitrogen functional groups attached to an aromatic ring is 1. The fraction of sp³-hybridized carbons (Fsp3) is 0.286. The lowest BCUT2D eigenvalue weighted by Gasteiger charge is -2.29. The van der Waals surface area contributed by atoms with Crippen molar-refractivity contribution in [3.05, 3.63) is 53.0 Å². The van der Waals surface area contributed by atoms with Gasteiger partial charge in [0, 0.05) is 19.1 Å². The van der Waals surface area contributed by atoms with Gasteiger partial charge in [-0.3, -0.25) is 0 Å². The van der Waals surface area contributed by atoms with E-state index in [0.29, 0.717) is 12.4 Å². The molecule has 92 valence electrons. The number of ether oxygens (including phenoxy) is 1. The number of fused-ring (bicyclic) bond motifs is 1. The summed E-state index contributed by atoms with van der Waals surface area (Å²) < 4.78 is 5.09. The van der Waals surface area contributed by atoms with E-state index < -0.39 is 0 Å². The Kier molecular flexibility index (Phi) is 2.72. The van der Waals surface area contributed by atoms with Gasteiger partial charge >= 0.3 is 0 Å². The molecule has 0 saturated heterocycles. The number of benzene rings is 1. The molecule has 4 heteroatoms. The molecule has 3 rings (SSSR count). The van der Waals surface area contributed by atoms with Crippen LogP contribution in [-0.2, 0) is 17.8 Å². The highest BCUT2D eigenvalue weighted by molar-refractivity contribution is 5.45. The predicted octanol–water partition coefficient (Wildman–Crippen LogP) is 1.89. The van der Waals surface area contributed by atoms with Crippen LogP contribution in [0.25, 0.3) is 0 Å². The summed E-state index contributed by atoms with van der Waals surface area (Å²) in [5.41, 5.74) is 9.35. The lowest BCUT2D eigenvalue weighted by atomic mass is 9.77. The summed E-state index contributed by atoms with van der Waals surface area (Å²) in [6, 6.07) is 10.1. The van der Waals surface area contributed by atoms with E-state index in [1.807, 2.05) is 6.07 Å². The number of nitrogens with two attached hydrogens (primary N) is 1. The lowest BCUT2D eigenvalue weighted by Crippen LogP contribution is -2.21. The molecule has 1 aliphatic carbocycles.